The SMILES string of the molecule is CN(CC1CCCN1C)c1c(F)cc(CBr)cc1F. The Hall–Kier alpha value is -0.680. The Morgan fingerprint density at radius 2 is 2.00 bits per heavy atom. The van der Waals surface area contributed by atoms with Crippen molar-refractivity contribution in [2.75, 3.05) is 32.1 Å². The van der Waals surface area contributed by atoms with E-state index in [1.54, 1.807) is 11.9 Å². The van der Waals surface area contributed by atoms with Gasteiger partial charge in [0.05, 0.1) is 0 Å². The molecule has 0 spiro atoms. The van der Waals surface area contributed by atoms with Gasteiger partial charge in [0, 0.05) is 25.0 Å². The average Bonchev–Trinajstić information content (AvgIpc) is 2.74. The monoisotopic (exact) mass is 332 g/mol. The summed E-state index contributed by atoms with van der Waals surface area (Å²) in [5, 5.41) is 0.455. The van der Waals surface area contributed by atoms with Crippen LogP contribution >= 0.6 is 15.9 Å². The van der Waals surface area contributed by atoms with Gasteiger partial charge in [0.25, 0.3) is 0 Å². The summed E-state index contributed by atoms with van der Waals surface area (Å²) in [6, 6.07) is 3.16. The molecule has 0 aliphatic carbocycles. The highest BCUT2D eigenvalue weighted by Crippen LogP contribution is 2.26. The summed E-state index contributed by atoms with van der Waals surface area (Å²) < 4.78 is 28.0. The highest BCUT2D eigenvalue weighted by Gasteiger charge is 2.24. The number of likely N-dealkylation sites (tertiary alicyclic amines) is 1. The largest absolute Gasteiger partial charge is 0.368 e. The molecule has 19 heavy (non-hydrogen) atoms. The minimum atomic E-state index is -0.488. The Balaban J connectivity index is 2.16. The van der Waals surface area contributed by atoms with Crippen LogP contribution in [0.4, 0.5) is 14.5 Å². The Morgan fingerprint density at radius 3 is 2.47 bits per heavy atom. The molecular weight excluding hydrogens is 314 g/mol. The number of likely N-dealkylation sites (N-methyl/N-ethyl adjacent to an activating group) is 2. The van der Waals surface area contributed by atoms with Crippen LogP contribution in [0.1, 0.15) is 18.4 Å². The molecule has 2 nitrogen and oxygen atoms in total. The first-order valence-electron chi connectivity index (χ1n) is 6.48. The van der Waals surface area contributed by atoms with E-state index in [9.17, 15) is 8.78 Å². The van der Waals surface area contributed by atoms with Gasteiger partial charge in [-0.1, -0.05) is 15.9 Å². The summed E-state index contributed by atoms with van der Waals surface area (Å²) >= 11 is 3.21. The molecule has 106 valence electrons. The van der Waals surface area contributed by atoms with Crippen molar-refractivity contribution in [2.45, 2.75) is 24.2 Å². The van der Waals surface area contributed by atoms with E-state index in [0.717, 1.165) is 19.4 Å². The first-order chi connectivity index (χ1) is 9.02. The predicted octanol–water partition coefficient (Wildman–Crippen LogP) is 3.39. The van der Waals surface area contributed by atoms with E-state index in [1.807, 2.05) is 0 Å². The third-order valence-electron chi connectivity index (χ3n) is 3.77. The Morgan fingerprint density at radius 1 is 1.37 bits per heavy atom. The van der Waals surface area contributed by atoms with Crippen molar-refractivity contribution in [1.29, 1.82) is 0 Å². The molecule has 0 N–H and O–H groups in total. The second-order valence-corrected chi connectivity index (χ2v) is 5.76. The number of alkyl halides is 1. The lowest BCUT2D eigenvalue weighted by molar-refractivity contribution is 0.313. The Kier molecular flexibility index (Phi) is 4.79. The van der Waals surface area contributed by atoms with Crippen LogP contribution in [0.15, 0.2) is 12.1 Å². The highest BCUT2D eigenvalue weighted by molar-refractivity contribution is 9.08. The molecule has 0 bridgehead atoms. The smallest absolute Gasteiger partial charge is 0.149 e. The quantitative estimate of drug-likeness (QED) is 0.780. The van der Waals surface area contributed by atoms with Gasteiger partial charge in [0.1, 0.15) is 17.3 Å². The molecule has 2 rings (SSSR count). The summed E-state index contributed by atoms with van der Waals surface area (Å²) in [6.45, 7) is 1.71. The van der Waals surface area contributed by atoms with Gasteiger partial charge in [-0.25, -0.2) is 8.78 Å². The maximum absolute atomic E-state index is 14.0. The van der Waals surface area contributed by atoms with E-state index in [1.165, 1.54) is 12.1 Å². The Labute approximate surface area is 121 Å². The second kappa shape index (κ2) is 6.18. The lowest BCUT2D eigenvalue weighted by Gasteiger charge is -2.28. The molecule has 1 atom stereocenters. The Bertz CT molecular complexity index is 430. The minimum absolute atomic E-state index is 0.0741. The van der Waals surface area contributed by atoms with E-state index in [-0.39, 0.29) is 5.69 Å². The van der Waals surface area contributed by atoms with Crippen LogP contribution in [0.25, 0.3) is 0 Å². The molecule has 1 saturated heterocycles. The van der Waals surface area contributed by atoms with Gasteiger partial charge in [-0.2, -0.15) is 0 Å². The zero-order valence-electron chi connectivity index (χ0n) is 11.3. The van der Waals surface area contributed by atoms with Crippen LogP contribution in [-0.4, -0.2) is 38.1 Å². The van der Waals surface area contributed by atoms with E-state index in [4.69, 9.17) is 0 Å². The van der Waals surface area contributed by atoms with Crippen LogP contribution in [0.5, 0.6) is 0 Å². The van der Waals surface area contributed by atoms with Crippen LogP contribution in [0.2, 0.25) is 0 Å². The number of anilines is 1. The summed E-state index contributed by atoms with van der Waals surface area (Å²) in [6.07, 6.45) is 2.24. The lowest BCUT2D eigenvalue weighted by atomic mass is 10.1. The van der Waals surface area contributed by atoms with E-state index < -0.39 is 11.6 Å². The van der Waals surface area contributed by atoms with Crippen LogP contribution in [0, 0.1) is 11.6 Å². The van der Waals surface area contributed by atoms with Crippen LogP contribution in [0.3, 0.4) is 0 Å². The predicted molar refractivity (Wildman–Crippen MR) is 77.9 cm³/mol. The third-order valence-corrected chi connectivity index (χ3v) is 4.42. The van der Waals surface area contributed by atoms with Crippen molar-refractivity contribution in [3.05, 3.63) is 29.3 Å². The number of rotatable bonds is 4. The summed E-state index contributed by atoms with van der Waals surface area (Å²) in [5.74, 6) is -0.977. The van der Waals surface area contributed by atoms with Gasteiger partial charge >= 0.3 is 0 Å². The van der Waals surface area contributed by atoms with Gasteiger partial charge in [-0.15, -0.1) is 0 Å². The van der Waals surface area contributed by atoms with Crippen molar-refractivity contribution in [3.8, 4) is 0 Å². The van der Waals surface area contributed by atoms with Gasteiger partial charge in [-0.3, -0.25) is 0 Å². The molecule has 1 unspecified atom stereocenters. The fourth-order valence-corrected chi connectivity index (χ4v) is 3.00. The molecule has 1 aromatic rings. The van der Waals surface area contributed by atoms with Gasteiger partial charge in [0.2, 0.25) is 0 Å². The molecule has 0 aromatic heterocycles. The maximum atomic E-state index is 14.0. The molecule has 5 heteroatoms. The van der Waals surface area contributed by atoms with Crippen molar-refractivity contribution < 1.29 is 8.78 Å². The number of halogens is 3. The van der Waals surface area contributed by atoms with Gasteiger partial charge < -0.3 is 9.80 Å². The van der Waals surface area contributed by atoms with Crippen molar-refractivity contribution in [1.82, 2.24) is 4.90 Å². The number of nitrogens with zero attached hydrogens (tertiary/aromatic N) is 2. The lowest BCUT2D eigenvalue weighted by Crippen LogP contribution is -2.37. The van der Waals surface area contributed by atoms with Gasteiger partial charge in [0.15, 0.2) is 0 Å². The van der Waals surface area contributed by atoms with E-state index in [0.29, 0.717) is 23.5 Å². The first kappa shape index (κ1) is 14.7. The number of benzene rings is 1. The molecule has 0 saturated carbocycles. The summed E-state index contributed by atoms with van der Waals surface area (Å²) in [5.41, 5.74) is 0.690. The molecule has 0 radical (unpaired) electrons. The molecular formula is C14H19BrF2N2. The van der Waals surface area contributed by atoms with Crippen molar-refractivity contribution in [2.24, 2.45) is 0 Å². The summed E-state index contributed by atoms with van der Waals surface area (Å²) in [7, 11) is 3.81. The number of hydrogen-bond acceptors (Lipinski definition) is 2. The van der Waals surface area contributed by atoms with E-state index >= 15 is 0 Å². The molecule has 1 heterocycles. The fraction of sp³-hybridized carbons (Fsp3) is 0.571. The van der Waals surface area contributed by atoms with Crippen molar-refractivity contribution >= 4 is 21.6 Å². The molecule has 1 aliphatic heterocycles. The number of hydrogen-bond donors (Lipinski definition) is 0. The first-order valence-corrected chi connectivity index (χ1v) is 7.60. The summed E-state index contributed by atoms with van der Waals surface area (Å²) in [4.78, 5) is 3.94. The van der Waals surface area contributed by atoms with Gasteiger partial charge in [-0.05, 0) is 44.1 Å². The molecule has 1 fully saturated rings. The van der Waals surface area contributed by atoms with Crippen LogP contribution in [-0.2, 0) is 5.33 Å². The second-order valence-electron chi connectivity index (χ2n) is 5.20. The zero-order chi connectivity index (χ0) is 14.0. The normalized spacial score (nSPS) is 19.9. The third kappa shape index (κ3) is 3.26. The average molecular weight is 333 g/mol. The topological polar surface area (TPSA) is 6.48 Å². The zero-order valence-corrected chi connectivity index (χ0v) is 12.9. The highest BCUT2D eigenvalue weighted by atomic mass is 79.9. The standard InChI is InChI=1S/C14H19BrF2N2/c1-18-5-3-4-11(18)9-19(2)14-12(16)6-10(8-15)7-13(14)17/h6-7,11H,3-5,8-9H2,1-2H3. The minimum Gasteiger partial charge on any atom is -0.368 e. The van der Waals surface area contributed by atoms with Crippen LogP contribution < -0.4 is 4.90 Å². The molecule has 1 aromatic carbocycles. The molecule has 1 aliphatic rings. The van der Waals surface area contributed by atoms with Crippen molar-refractivity contribution in [3.63, 3.8) is 0 Å². The maximum Gasteiger partial charge on any atom is 0.149 e. The molecule has 0 amide bonds. The fourth-order valence-electron chi connectivity index (χ4n) is 2.68. The van der Waals surface area contributed by atoms with E-state index in [2.05, 4.69) is 27.9 Å².